The summed E-state index contributed by atoms with van der Waals surface area (Å²) in [6.45, 7) is 3.22. The second-order valence-corrected chi connectivity index (χ2v) is 9.37. The van der Waals surface area contributed by atoms with E-state index in [0.29, 0.717) is 16.1 Å². The number of anilines is 3. The molecule has 2 N–H and O–H groups in total. The van der Waals surface area contributed by atoms with Gasteiger partial charge in [-0.05, 0) is 36.4 Å². The lowest BCUT2D eigenvalue weighted by atomic mass is 10.1. The minimum absolute atomic E-state index is 0.0496. The lowest BCUT2D eigenvalue weighted by Crippen LogP contribution is -2.46. The van der Waals surface area contributed by atoms with Gasteiger partial charge in [-0.15, -0.1) is 0 Å². The van der Waals surface area contributed by atoms with Gasteiger partial charge in [-0.3, -0.25) is 4.79 Å². The van der Waals surface area contributed by atoms with Crippen LogP contribution in [-0.4, -0.2) is 36.9 Å². The highest BCUT2D eigenvalue weighted by molar-refractivity contribution is 9.10. The van der Waals surface area contributed by atoms with Crippen LogP contribution in [0.5, 0.6) is 0 Å². The molecule has 0 atom stereocenters. The first-order chi connectivity index (χ1) is 15.5. The molecule has 4 aromatic rings. The number of aromatic nitrogens is 1. The van der Waals surface area contributed by atoms with E-state index in [1.807, 2.05) is 18.2 Å². The number of thiazole rings is 1. The molecular formula is C23H19BrN4O3S. The molecular weight excluding hydrogens is 492 g/mol. The summed E-state index contributed by atoms with van der Waals surface area (Å²) in [5.74, 6) is -0.334. The molecule has 7 nitrogen and oxygen atoms in total. The molecule has 0 amide bonds. The number of carbonyl (C=O) groups excluding carboxylic acids is 1. The minimum atomic E-state index is -0.685. The summed E-state index contributed by atoms with van der Waals surface area (Å²) in [5, 5.41) is 1.34. The van der Waals surface area contributed by atoms with Gasteiger partial charge in [0.2, 0.25) is 5.78 Å². The van der Waals surface area contributed by atoms with Crippen LogP contribution in [-0.2, 0) is 0 Å². The topological polar surface area (TPSA) is 92.7 Å². The van der Waals surface area contributed by atoms with Crippen molar-refractivity contribution in [1.29, 1.82) is 0 Å². The zero-order valence-corrected chi connectivity index (χ0v) is 19.4. The van der Waals surface area contributed by atoms with Crippen LogP contribution >= 0.6 is 27.3 Å². The third-order valence-electron chi connectivity index (χ3n) is 5.46. The average Bonchev–Trinajstić information content (AvgIpc) is 3.20. The van der Waals surface area contributed by atoms with Crippen molar-refractivity contribution in [2.45, 2.75) is 0 Å². The van der Waals surface area contributed by atoms with E-state index < -0.39 is 11.4 Å². The summed E-state index contributed by atoms with van der Waals surface area (Å²) in [6.07, 6.45) is 0. The van der Waals surface area contributed by atoms with E-state index in [0.717, 1.165) is 30.7 Å². The molecule has 9 heteroatoms. The molecule has 0 unspecified atom stereocenters. The van der Waals surface area contributed by atoms with E-state index in [-0.39, 0.29) is 16.3 Å². The highest BCUT2D eigenvalue weighted by atomic mass is 79.9. The molecule has 1 aliphatic rings. The predicted molar refractivity (Wildman–Crippen MR) is 131 cm³/mol. The summed E-state index contributed by atoms with van der Waals surface area (Å²) in [5.41, 5.74) is 6.97. The summed E-state index contributed by atoms with van der Waals surface area (Å²) < 4.78 is 6.16. The molecule has 3 heterocycles. The Morgan fingerprint density at radius 1 is 1.03 bits per heavy atom. The highest BCUT2D eigenvalue weighted by Gasteiger charge is 2.26. The monoisotopic (exact) mass is 510 g/mol. The fourth-order valence-corrected chi connectivity index (χ4v) is 5.16. The molecule has 2 aromatic heterocycles. The largest absolute Gasteiger partial charge is 0.422 e. The van der Waals surface area contributed by atoms with Crippen molar-refractivity contribution in [2.75, 3.05) is 41.7 Å². The zero-order chi connectivity index (χ0) is 22.2. The molecule has 1 saturated heterocycles. The predicted octanol–water partition coefficient (Wildman–Crippen LogP) is 4.15. The van der Waals surface area contributed by atoms with E-state index >= 15 is 0 Å². The molecule has 0 aliphatic carbocycles. The van der Waals surface area contributed by atoms with Crippen molar-refractivity contribution >= 4 is 60.7 Å². The van der Waals surface area contributed by atoms with Crippen LogP contribution < -0.4 is 21.2 Å². The number of ketones is 1. The zero-order valence-electron chi connectivity index (χ0n) is 17.0. The average molecular weight is 511 g/mol. The molecule has 0 radical (unpaired) electrons. The maximum Gasteiger partial charge on any atom is 0.347 e. The van der Waals surface area contributed by atoms with Crippen LogP contribution in [0.1, 0.15) is 15.2 Å². The molecule has 0 bridgehead atoms. The Labute approximate surface area is 196 Å². The Hall–Kier alpha value is -3.17. The summed E-state index contributed by atoms with van der Waals surface area (Å²) in [7, 11) is 0. The van der Waals surface area contributed by atoms with Gasteiger partial charge in [-0.25, -0.2) is 9.78 Å². The third-order valence-corrected chi connectivity index (χ3v) is 7.08. The standard InChI is InChI=1S/C23H19BrN4O3S/c24-15-6-7-18-14(12-15)13-17(22(30)31-18)19(29)20-21(25)26-23(32-20)28-10-8-27(9-11-28)16-4-2-1-3-5-16/h1-7,12-13H,8-11,25H2. The number of para-hydroxylation sites is 1. The van der Waals surface area contributed by atoms with Crippen molar-refractivity contribution in [1.82, 2.24) is 4.98 Å². The number of rotatable bonds is 4. The molecule has 5 rings (SSSR count). The van der Waals surface area contributed by atoms with Crippen molar-refractivity contribution < 1.29 is 9.21 Å². The first-order valence-electron chi connectivity index (χ1n) is 10.1. The van der Waals surface area contributed by atoms with Crippen molar-refractivity contribution in [3.8, 4) is 0 Å². The number of nitrogens with two attached hydrogens (primary N) is 1. The minimum Gasteiger partial charge on any atom is -0.422 e. The van der Waals surface area contributed by atoms with Gasteiger partial charge < -0.3 is 20.0 Å². The van der Waals surface area contributed by atoms with E-state index in [1.54, 1.807) is 24.3 Å². The Morgan fingerprint density at radius 3 is 2.50 bits per heavy atom. The Bertz CT molecular complexity index is 1360. The Morgan fingerprint density at radius 2 is 1.75 bits per heavy atom. The second kappa shape index (κ2) is 8.40. The van der Waals surface area contributed by atoms with Crippen molar-refractivity contribution in [3.63, 3.8) is 0 Å². The SMILES string of the molecule is Nc1nc(N2CCN(c3ccccc3)CC2)sc1C(=O)c1cc2cc(Br)ccc2oc1=O. The quantitative estimate of drug-likeness (QED) is 0.325. The maximum absolute atomic E-state index is 13.1. The summed E-state index contributed by atoms with van der Waals surface area (Å²) >= 11 is 4.61. The third kappa shape index (κ3) is 3.89. The smallest absolute Gasteiger partial charge is 0.347 e. The highest BCUT2D eigenvalue weighted by Crippen LogP contribution is 2.31. The number of hydrogen-bond acceptors (Lipinski definition) is 8. The van der Waals surface area contributed by atoms with Crippen LogP contribution in [0.2, 0.25) is 0 Å². The van der Waals surface area contributed by atoms with Crippen LogP contribution in [0.3, 0.4) is 0 Å². The van der Waals surface area contributed by atoms with Gasteiger partial charge in [0.15, 0.2) is 5.13 Å². The van der Waals surface area contributed by atoms with Crippen LogP contribution in [0.15, 0.2) is 68.3 Å². The molecule has 0 spiro atoms. The number of halogens is 1. The number of carbonyl (C=O) groups is 1. The Kier molecular flexibility index (Phi) is 5.44. The number of benzene rings is 2. The van der Waals surface area contributed by atoms with Crippen LogP contribution in [0.4, 0.5) is 16.6 Å². The lowest BCUT2D eigenvalue weighted by molar-refractivity contribution is 0.104. The van der Waals surface area contributed by atoms with E-state index in [1.165, 1.54) is 17.0 Å². The lowest BCUT2D eigenvalue weighted by Gasteiger charge is -2.35. The van der Waals surface area contributed by atoms with Crippen LogP contribution in [0, 0.1) is 0 Å². The van der Waals surface area contributed by atoms with Gasteiger partial charge in [0.25, 0.3) is 0 Å². The van der Waals surface area contributed by atoms with Gasteiger partial charge in [0.1, 0.15) is 21.8 Å². The molecule has 1 fully saturated rings. The Balaban J connectivity index is 1.38. The first-order valence-corrected chi connectivity index (χ1v) is 11.7. The number of hydrogen-bond donors (Lipinski definition) is 1. The van der Waals surface area contributed by atoms with Crippen molar-refractivity contribution in [2.24, 2.45) is 0 Å². The number of piperazine rings is 1. The molecule has 2 aromatic carbocycles. The molecule has 32 heavy (non-hydrogen) atoms. The fourth-order valence-electron chi connectivity index (χ4n) is 3.79. The van der Waals surface area contributed by atoms with Crippen molar-refractivity contribution in [3.05, 3.63) is 79.9 Å². The first kappa shape index (κ1) is 20.7. The number of nitrogen functional groups attached to an aromatic ring is 1. The van der Waals surface area contributed by atoms with E-state index in [9.17, 15) is 9.59 Å². The molecule has 1 aliphatic heterocycles. The molecule has 0 saturated carbocycles. The van der Waals surface area contributed by atoms with E-state index in [2.05, 4.69) is 42.8 Å². The van der Waals surface area contributed by atoms with Gasteiger partial charge >= 0.3 is 5.63 Å². The summed E-state index contributed by atoms with van der Waals surface area (Å²) in [6, 6.07) is 17.1. The second-order valence-electron chi connectivity index (χ2n) is 7.48. The van der Waals surface area contributed by atoms with E-state index in [4.69, 9.17) is 10.2 Å². The normalized spacial score (nSPS) is 14.2. The fraction of sp³-hybridized carbons (Fsp3) is 0.174. The summed E-state index contributed by atoms with van der Waals surface area (Å²) in [4.78, 5) is 34.7. The van der Waals surface area contributed by atoms with Gasteiger partial charge in [0, 0.05) is 41.7 Å². The maximum atomic E-state index is 13.1. The van der Waals surface area contributed by atoms with Gasteiger partial charge in [-0.2, -0.15) is 0 Å². The van der Waals surface area contributed by atoms with Gasteiger partial charge in [0.05, 0.1) is 0 Å². The number of fused-ring (bicyclic) bond motifs is 1. The van der Waals surface area contributed by atoms with Gasteiger partial charge in [-0.1, -0.05) is 45.5 Å². The van der Waals surface area contributed by atoms with Crippen LogP contribution in [0.25, 0.3) is 11.0 Å². The number of nitrogens with zero attached hydrogens (tertiary/aromatic N) is 3. The molecule has 162 valence electrons.